The summed E-state index contributed by atoms with van der Waals surface area (Å²) in [5, 5.41) is 6.78. The Morgan fingerprint density at radius 2 is 2.50 bits per heavy atom. The summed E-state index contributed by atoms with van der Waals surface area (Å²) in [5.41, 5.74) is 0. The van der Waals surface area contributed by atoms with Gasteiger partial charge < -0.3 is 0 Å². The van der Waals surface area contributed by atoms with Crippen molar-refractivity contribution in [1.82, 2.24) is 4.57 Å². The van der Waals surface area contributed by atoms with Gasteiger partial charge in [-0.2, -0.15) is 4.57 Å². The summed E-state index contributed by atoms with van der Waals surface area (Å²) < 4.78 is 3.55. The highest BCUT2D eigenvalue weighted by molar-refractivity contribution is 5.52. The average molecular weight is 110 g/mol. The van der Waals surface area contributed by atoms with Gasteiger partial charge in [0.15, 0.2) is 6.34 Å². The van der Waals surface area contributed by atoms with Gasteiger partial charge in [-0.15, -0.1) is 0 Å². The molecule has 0 fully saturated rings. The summed E-state index contributed by atoms with van der Waals surface area (Å²) in [4.78, 5) is 0. The van der Waals surface area contributed by atoms with E-state index in [9.17, 15) is 0 Å². The van der Waals surface area contributed by atoms with Crippen LogP contribution in [0.1, 0.15) is 0 Å². The second-order valence-electron chi connectivity index (χ2n) is 1.66. The molecule has 1 heterocycles. The van der Waals surface area contributed by atoms with Crippen molar-refractivity contribution in [2.75, 3.05) is 0 Å². The largest absolute Gasteiger partial charge is 0.270 e. The van der Waals surface area contributed by atoms with Crippen molar-refractivity contribution in [2.45, 2.75) is 0 Å². The molecule has 42 valence electrons. The van der Waals surface area contributed by atoms with Crippen LogP contribution in [0, 0.1) is 5.41 Å². The summed E-state index contributed by atoms with van der Waals surface area (Å²) in [6.45, 7) is 0. The maximum Gasteiger partial charge on any atom is 0.249 e. The molecular formula is C5H8N3+. The van der Waals surface area contributed by atoms with Crippen molar-refractivity contribution in [3.05, 3.63) is 18.7 Å². The molecule has 1 rings (SSSR count). The summed E-state index contributed by atoms with van der Waals surface area (Å²) >= 11 is 0. The van der Waals surface area contributed by atoms with Gasteiger partial charge in [0.05, 0.1) is 7.05 Å². The molecule has 0 saturated carbocycles. The van der Waals surface area contributed by atoms with E-state index >= 15 is 0 Å². The van der Waals surface area contributed by atoms with Gasteiger partial charge in [-0.25, -0.2) is 4.57 Å². The lowest BCUT2D eigenvalue weighted by atomic mass is 10.9. The summed E-state index contributed by atoms with van der Waals surface area (Å²) in [6.07, 6.45) is 6.76. The molecule has 1 aromatic rings. The summed E-state index contributed by atoms with van der Waals surface area (Å²) in [5.74, 6) is 0. The fourth-order valence-electron chi connectivity index (χ4n) is 0.546. The SMILES string of the molecule is C[n+]1ccn(C=N)c1. The van der Waals surface area contributed by atoms with Gasteiger partial charge in [-0.3, -0.25) is 5.41 Å². The van der Waals surface area contributed by atoms with Crippen molar-refractivity contribution < 1.29 is 4.57 Å². The third-order valence-corrected chi connectivity index (χ3v) is 0.938. The van der Waals surface area contributed by atoms with Gasteiger partial charge >= 0.3 is 0 Å². The second-order valence-corrected chi connectivity index (χ2v) is 1.66. The highest BCUT2D eigenvalue weighted by Crippen LogP contribution is 1.72. The first-order valence-electron chi connectivity index (χ1n) is 2.36. The maximum atomic E-state index is 6.78. The number of hydrogen-bond acceptors (Lipinski definition) is 1. The zero-order valence-corrected chi connectivity index (χ0v) is 4.70. The summed E-state index contributed by atoms with van der Waals surface area (Å²) in [6, 6.07) is 0. The Kier molecular flexibility index (Phi) is 1.12. The molecular weight excluding hydrogens is 102 g/mol. The molecule has 0 radical (unpaired) electrons. The number of hydrogen-bond donors (Lipinski definition) is 1. The van der Waals surface area contributed by atoms with Crippen LogP contribution in [0.4, 0.5) is 0 Å². The number of rotatable bonds is 1. The third kappa shape index (κ3) is 0.753. The van der Waals surface area contributed by atoms with E-state index in [1.54, 1.807) is 4.57 Å². The Morgan fingerprint density at radius 3 is 2.75 bits per heavy atom. The first-order valence-corrected chi connectivity index (χ1v) is 2.36. The van der Waals surface area contributed by atoms with Crippen molar-refractivity contribution in [3.63, 3.8) is 0 Å². The number of nitrogens with zero attached hydrogens (tertiary/aromatic N) is 2. The van der Waals surface area contributed by atoms with Crippen molar-refractivity contribution in [3.8, 4) is 0 Å². The monoisotopic (exact) mass is 110 g/mol. The Labute approximate surface area is 47.7 Å². The molecule has 0 amide bonds. The van der Waals surface area contributed by atoms with E-state index in [0.29, 0.717) is 0 Å². The van der Waals surface area contributed by atoms with Crippen LogP contribution in [-0.4, -0.2) is 10.9 Å². The average Bonchev–Trinajstić information content (AvgIpc) is 2.14. The minimum Gasteiger partial charge on any atom is -0.270 e. The molecule has 0 aliphatic heterocycles. The lowest BCUT2D eigenvalue weighted by Gasteiger charge is -1.73. The normalized spacial score (nSPS) is 9.12. The van der Waals surface area contributed by atoms with Gasteiger partial charge in [0.2, 0.25) is 6.33 Å². The lowest BCUT2D eigenvalue weighted by molar-refractivity contribution is -0.670. The topological polar surface area (TPSA) is 32.7 Å². The third-order valence-electron chi connectivity index (χ3n) is 0.938. The van der Waals surface area contributed by atoms with Crippen LogP contribution in [0.15, 0.2) is 18.7 Å². The molecule has 0 unspecified atom stereocenters. The second kappa shape index (κ2) is 1.78. The maximum absolute atomic E-state index is 6.78. The molecule has 3 heteroatoms. The van der Waals surface area contributed by atoms with E-state index < -0.39 is 0 Å². The van der Waals surface area contributed by atoms with Gasteiger partial charge in [0, 0.05) is 0 Å². The van der Waals surface area contributed by atoms with Crippen molar-refractivity contribution >= 4 is 6.34 Å². The first-order chi connectivity index (χ1) is 3.83. The number of aromatic nitrogens is 2. The fraction of sp³-hybridized carbons (Fsp3) is 0.200. The molecule has 0 aliphatic carbocycles. The van der Waals surface area contributed by atoms with Crippen LogP contribution in [0.5, 0.6) is 0 Å². The van der Waals surface area contributed by atoms with Crippen LogP contribution in [0.2, 0.25) is 0 Å². The molecule has 8 heavy (non-hydrogen) atoms. The zero-order chi connectivity index (χ0) is 5.98. The Hall–Kier alpha value is -1.12. The van der Waals surface area contributed by atoms with Gasteiger partial charge in [-0.05, 0) is 0 Å². The fourth-order valence-corrected chi connectivity index (χ4v) is 0.546. The van der Waals surface area contributed by atoms with E-state index in [4.69, 9.17) is 5.41 Å². The minimum atomic E-state index is 1.25. The zero-order valence-electron chi connectivity index (χ0n) is 4.70. The molecule has 0 aliphatic rings. The smallest absolute Gasteiger partial charge is 0.249 e. The van der Waals surface area contributed by atoms with E-state index in [1.165, 1.54) is 6.34 Å². The predicted molar refractivity (Wildman–Crippen MR) is 29.8 cm³/mol. The number of nitrogens with one attached hydrogen (secondary N) is 1. The number of aryl methyl sites for hydroxylation is 1. The Bertz CT molecular complexity index is 189. The highest BCUT2D eigenvalue weighted by Gasteiger charge is 1.91. The lowest BCUT2D eigenvalue weighted by Crippen LogP contribution is -2.23. The van der Waals surface area contributed by atoms with E-state index in [2.05, 4.69) is 0 Å². The highest BCUT2D eigenvalue weighted by atomic mass is 15.1. The molecule has 1 aromatic heterocycles. The van der Waals surface area contributed by atoms with Gasteiger partial charge in [0.25, 0.3) is 0 Å². The van der Waals surface area contributed by atoms with Crippen LogP contribution >= 0.6 is 0 Å². The molecule has 0 saturated heterocycles. The number of imidazole rings is 1. The molecule has 0 atom stereocenters. The Balaban J connectivity index is 3.00. The summed E-state index contributed by atoms with van der Waals surface area (Å²) in [7, 11) is 1.92. The van der Waals surface area contributed by atoms with Crippen LogP contribution in [-0.2, 0) is 7.05 Å². The van der Waals surface area contributed by atoms with Crippen LogP contribution in [0.3, 0.4) is 0 Å². The molecule has 0 bridgehead atoms. The first kappa shape index (κ1) is 5.03. The quantitative estimate of drug-likeness (QED) is 0.294. The van der Waals surface area contributed by atoms with Crippen LogP contribution in [0.25, 0.3) is 0 Å². The standard InChI is InChI=1S/C5H8N3/c1-7-2-3-8(4-6)5-7/h2-6H,1H3/q+1. The molecule has 0 spiro atoms. The van der Waals surface area contributed by atoms with Crippen molar-refractivity contribution in [2.24, 2.45) is 7.05 Å². The molecule has 0 aromatic carbocycles. The molecule has 3 nitrogen and oxygen atoms in total. The predicted octanol–water partition coefficient (Wildman–Crippen LogP) is -0.232. The Morgan fingerprint density at radius 1 is 1.75 bits per heavy atom. The van der Waals surface area contributed by atoms with E-state index in [-0.39, 0.29) is 0 Å². The van der Waals surface area contributed by atoms with Crippen molar-refractivity contribution in [1.29, 1.82) is 5.41 Å². The van der Waals surface area contributed by atoms with Gasteiger partial charge in [-0.1, -0.05) is 0 Å². The van der Waals surface area contributed by atoms with E-state index in [1.807, 2.05) is 30.3 Å². The van der Waals surface area contributed by atoms with Gasteiger partial charge in [0.1, 0.15) is 12.4 Å². The minimum absolute atomic E-state index is 1.25. The van der Waals surface area contributed by atoms with Crippen LogP contribution < -0.4 is 4.57 Å². The molecule has 1 N–H and O–H groups in total. The van der Waals surface area contributed by atoms with E-state index in [0.717, 1.165) is 0 Å².